The average Bonchev–Trinajstić information content (AvgIpc) is 3.29. The van der Waals surface area contributed by atoms with Crippen molar-refractivity contribution in [2.45, 2.75) is 0 Å². The van der Waals surface area contributed by atoms with Crippen LogP contribution in [0, 0.1) is 0 Å². The highest BCUT2D eigenvalue weighted by Gasteiger charge is 2.19. The van der Waals surface area contributed by atoms with Crippen LogP contribution in [0.2, 0.25) is 4.34 Å². The summed E-state index contributed by atoms with van der Waals surface area (Å²) in [6, 6.07) is 6.88. The van der Waals surface area contributed by atoms with Crippen LogP contribution in [-0.4, -0.2) is 32.2 Å². The lowest BCUT2D eigenvalue weighted by atomic mass is 10.1. The van der Waals surface area contributed by atoms with E-state index < -0.39 is 0 Å². The maximum absolute atomic E-state index is 12.7. The molecule has 0 spiro atoms. The average molecular weight is 411 g/mol. The van der Waals surface area contributed by atoms with E-state index in [1.807, 2.05) is 17.5 Å². The molecule has 9 heteroatoms. The van der Waals surface area contributed by atoms with Crippen molar-refractivity contribution in [1.82, 2.24) is 4.98 Å². The van der Waals surface area contributed by atoms with E-state index in [0.29, 0.717) is 32.3 Å². The minimum absolute atomic E-state index is 0.320. The predicted octanol–water partition coefficient (Wildman–Crippen LogP) is 4.80. The van der Waals surface area contributed by atoms with Crippen LogP contribution in [0.3, 0.4) is 0 Å². The highest BCUT2D eigenvalue weighted by atomic mass is 35.5. The first-order valence-corrected chi connectivity index (χ1v) is 9.45. The number of rotatable bonds is 6. The molecule has 3 rings (SSSR count). The Morgan fingerprint density at radius 1 is 1.08 bits per heavy atom. The number of carbonyl (C=O) groups excluding carboxylic acids is 1. The van der Waals surface area contributed by atoms with Gasteiger partial charge in [0.2, 0.25) is 0 Å². The van der Waals surface area contributed by atoms with Gasteiger partial charge in [0.15, 0.2) is 16.6 Å². The van der Waals surface area contributed by atoms with E-state index in [-0.39, 0.29) is 5.91 Å². The Hall–Kier alpha value is -2.29. The van der Waals surface area contributed by atoms with Crippen LogP contribution in [-0.2, 0) is 0 Å². The number of benzene rings is 1. The van der Waals surface area contributed by atoms with Gasteiger partial charge in [-0.15, -0.1) is 22.7 Å². The number of hydrogen-bond acceptors (Lipinski definition) is 7. The van der Waals surface area contributed by atoms with E-state index in [1.165, 1.54) is 44.0 Å². The quantitative estimate of drug-likeness (QED) is 0.631. The first-order valence-electron chi connectivity index (χ1n) is 7.38. The number of hydrogen-bond donors (Lipinski definition) is 1. The number of nitrogens with zero attached hydrogens (tertiary/aromatic N) is 1. The summed E-state index contributed by atoms with van der Waals surface area (Å²) >= 11 is 8.72. The molecule has 0 fully saturated rings. The number of amides is 1. The Bertz CT molecular complexity index is 939. The van der Waals surface area contributed by atoms with E-state index in [0.717, 1.165) is 10.6 Å². The lowest BCUT2D eigenvalue weighted by molar-refractivity contribution is 0.102. The fourth-order valence-corrected chi connectivity index (χ4v) is 4.05. The lowest BCUT2D eigenvalue weighted by Gasteiger charge is -2.13. The van der Waals surface area contributed by atoms with Crippen LogP contribution in [0.5, 0.6) is 17.2 Å². The summed E-state index contributed by atoms with van der Waals surface area (Å²) in [5.41, 5.74) is 1.09. The third kappa shape index (κ3) is 3.77. The Kier molecular flexibility index (Phi) is 5.65. The second-order valence-corrected chi connectivity index (χ2v) is 7.58. The van der Waals surface area contributed by atoms with Gasteiger partial charge in [0, 0.05) is 17.5 Å². The van der Waals surface area contributed by atoms with Crippen LogP contribution in [0.25, 0.3) is 10.6 Å². The summed E-state index contributed by atoms with van der Waals surface area (Å²) in [7, 11) is 4.51. The zero-order valence-corrected chi connectivity index (χ0v) is 16.6. The molecular formula is C17H15ClN2O4S2. The Labute approximate surface area is 163 Å². The molecule has 0 aliphatic carbocycles. The Balaban J connectivity index is 1.85. The number of ether oxygens (including phenoxy) is 3. The molecule has 0 saturated carbocycles. The number of nitrogens with one attached hydrogen (secondary N) is 1. The van der Waals surface area contributed by atoms with Crippen LogP contribution in [0.4, 0.5) is 5.13 Å². The summed E-state index contributed by atoms with van der Waals surface area (Å²) in [5.74, 6) is 0.938. The number of aromatic nitrogens is 1. The molecule has 1 aromatic carbocycles. The highest BCUT2D eigenvalue weighted by molar-refractivity contribution is 7.20. The molecule has 3 aromatic rings. The predicted molar refractivity (Wildman–Crippen MR) is 104 cm³/mol. The largest absolute Gasteiger partial charge is 0.496 e. The van der Waals surface area contributed by atoms with Crippen molar-refractivity contribution < 1.29 is 19.0 Å². The summed E-state index contributed by atoms with van der Waals surface area (Å²) < 4.78 is 16.5. The van der Waals surface area contributed by atoms with Crippen LogP contribution >= 0.6 is 34.3 Å². The molecule has 136 valence electrons. The van der Waals surface area contributed by atoms with Gasteiger partial charge >= 0.3 is 0 Å². The molecule has 0 radical (unpaired) electrons. The van der Waals surface area contributed by atoms with E-state index in [9.17, 15) is 4.79 Å². The highest BCUT2D eigenvalue weighted by Crippen LogP contribution is 2.36. The normalized spacial score (nSPS) is 10.5. The molecule has 0 saturated heterocycles. The molecule has 0 atom stereocenters. The van der Waals surface area contributed by atoms with Crippen molar-refractivity contribution in [3.63, 3.8) is 0 Å². The number of carbonyl (C=O) groups is 1. The van der Waals surface area contributed by atoms with Crippen LogP contribution < -0.4 is 19.5 Å². The van der Waals surface area contributed by atoms with Crippen molar-refractivity contribution in [2.24, 2.45) is 0 Å². The van der Waals surface area contributed by atoms with E-state index >= 15 is 0 Å². The van der Waals surface area contributed by atoms with Gasteiger partial charge in [-0.3, -0.25) is 10.1 Å². The van der Waals surface area contributed by atoms with Crippen molar-refractivity contribution in [2.75, 3.05) is 26.6 Å². The first-order chi connectivity index (χ1) is 12.5. The Morgan fingerprint density at radius 3 is 2.38 bits per heavy atom. The van der Waals surface area contributed by atoms with Crippen LogP contribution in [0.15, 0.2) is 29.6 Å². The van der Waals surface area contributed by atoms with E-state index in [4.69, 9.17) is 25.8 Å². The van der Waals surface area contributed by atoms with Gasteiger partial charge < -0.3 is 14.2 Å². The second kappa shape index (κ2) is 7.94. The molecular weight excluding hydrogens is 396 g/mol. The number of anilines is 1. The fraction of sp³-hybridized carbons (Fsp3) is 0.176. The minimum atomic E-state index is -0.354. The molecule has 0 unspecified atom stereocenters. The summed E-state index contributed by atoms with van der Waals surface area (Å²) in [6.45, 7) is 0. The molecule has 0 bridgehead atoms. The summed E-state index contributed by atoms with van der Waals surface area (Å²) in [4.78, 5) is 18.0. The third-order valence-electron chi connectivity index (χ3n) is 3.50. The van der Waals surface area contributed by atoms with Crippen molar-refractivity contribution in [3.05, 3.63) is 39.5 Å². The van der Waals surface area contributed by atoms with E-state index in [1.54, 1.807) is 12.1 Å². The van der Waals surface area contributed by atoms with Crippen molar-refractivity contribution in [1.29, 1.82) is 0 Å². The van der Waals surface area contributed by atoms with Gasteiger partial charge in [0.25, 0.3) is 5.91 Å². The monoisotopic (exact) mass is 410 g/mol. The SMILES string of the molecule is COc1cc(OC)c(C(=O)Nc2nc(-c3ccc(Cl)s3)cs2)cc1OC. The molecule has 1 amide bonds. The molecule has 0 aliphatic rings. The smallest absolute Gasteiger partial charge is 0.261 e. The van der Waals surface area contributed by atoms with Gasteiger partial charge in [-0.05, 0) is 12.1 Å². The summed E-state index contributed by atoms with van der Waals surface area (Å²) in [6.07, 6.45) is 0. The van der Waals surface area contributed by atoms with Gasteiger partial charge in [-0.2, -0.15) is 0 Å². The van der Waals surface area contributed by atoms with E-state index in [2.05, 4.69) is 10.3 Å². The van der Waals surface area contributed by atoms with Gasteiger partial charge in [0.05, 0.1) is 41.8 Å². The third-order valence-corrected chi connectivity index (χ3v) is 5.51. The second-order valence-electron chi connectivity index (χ2n) is 5.00. The lowest BCUT2D eigenvalue weighted by Crippen LogP contribution is -2.13. The maximum Gasteiger partial charge on any atom is 0.261 e. The molecule has 0 aliphatic heterocycles. The summed E-state index contributed by atoms with van der Waals surface area (Å²) in [5, 5.41) is 5.13. The molecule has 26 heavy (non-hydrogen) atoms. The zero-order chi connectivity index (χ0) is 18.7. The van der Waals surface area contributed by atoms with Gasteiger partial charge in [0.1, 0.15) is 5.75 Å². The zero-order valence-electron chi connectivity index (χ0n) is 14.2. The maximum atomic E-state index is 12.7. The molecule has 2 heterocycles. The Morgan fingerprint density at radius 2 is 1.77 bits per heavy atom. The van der Waals surface area contributed by atoms with Gasteiger partial charge in [-0.25, -0.2) is 4.98 Å². The number of thiophene rings is 1. The minimum Gasteiger partial charge on any atom is -0.496 e. The fourth-order valence-electron chi connectivity index (χ4n) is 2.27. The topological polar surface area (TPSA) is 69.7 Å². The van der Waals surface area contributed by atoms with Crippen LogP contribution in [0.1, 0.15) is 10.4 Å². The number of thiazole rings is 1. The molecule has 6 nitrogen and oxygen atoms in total. The van der Waals surface area contributed by atoms with Gasteiger partial charge in [-0.1, -0.05) is 11.6 Å². The van der Waals surface area contributed by atoms with Crippen molar-refractivity contribution >= 4 is 45.3 Å². The van der Waals surface area contributed by atoms with Crippen molar-refractivity contribution in [3.8, 4) is 27.8 Å². The first kappa shape index (κ1) is 18.5. The standard InChI is InChI=1S/C17H15ClN2O4S2/c1-22-11-7-13(24-3)12(23-2)6-9(11)16(21)20-17-19-10(8-25-17)14-4-5-15(18)26-14/h4-8H,1-3H3,(H,19,20,21). The number of methoxy groups -OCH3 is 3. The molecule has 2 aromatic heterocycles. The number of halogens is 1. The molecule has 1 N–H and O–H groups in total.